The van der Waals surface area contributed by atoms with Crippen LogP contribution in [-0.4, -0.2) is 36.1 Å². The van der Waals surface area contributed by atoms with Gasteiger partial charge in [0.1, 0.15) is 0 Å². The van der Waals surface area contributed by atoms with Gasteiger partial charge in [-0.3, -0.25) is 4.79 Å². The van der Waals surface area contributed by atoms with Gasteiger partial charge in [-0.15, -0.1) is 0 Å². The van der Waals surface area contributed by atoms with Gasteiger partial charge >= 0.3 is 5.97 Å². The van der Waals surface area contributed by atoms with Gasteiger partial charge < -0.3 is 15.4 Å². The van der Waals surface area contributed by atoms with Crippen LogP contribution in [0.25, 0.3) is 0 Å². The van der Waals surface area contributed by atoms with Crippen LogP contribution >= 0.6 is 0 Å². The molecule has 0 amide bonds. The van der Waals surface area contributed by atoms with Gasteiger partial charge in [-0.05, 0) is 25.7 Å². The van der Waals surface area contributed by atoms with Gasteiger partial charge in [0.2, 0.25) is 0 Å². The number of ether oxygens (including phenoxy) is 1. The van der Waals surface area contributed by atoms with Gasteiger partial charge in [0.05, 0.1) is 24.9 Å². The highest BCUT2D eigenvalue weighted by Crippen LogP contribution is 2.26. The highest BCUT2D eigenvalue weighted by atomic mass is 16.5. The molecule has 1 saturated heterocycles. The molecule has 0 aromatic carbocycles. The maximum absolute atomic E-state index is 11.6. The molecule has 6 heteroatoms. The lowest BCUT2D eigenvalue weighted by Gasteiger charge is -2.32. The first-order valence-electron chi connectivity index (χ1n) is 7.59. The second-order valence-electron chi connectivity index (χ2n) is 5.46. The van der Waals surface area contributed by atoms with Gasteiger partial charge in [-0.25, -0.2) is 9.97 Å². The second-order valence-corrected chi connectivity index (χ2v) is 5.46. The van der Waals surface area contributed by atoms with E-state index in [-0.39, 0.29) is 11.9 Å². The van der Waals surface area contributed by atoms with Crippen molar-refractivity contribution in [3.8, 4) is 0 Å². The smallest absolute Gasteiger partial charge is 0.308 e. The zero-order valence-electron chi connectivity index (χ0n) is 12.8. The number of methoxy groups -OCH3 is 1. The minimum atomic E-state index is -0.120. The SMILES string of the molecule is CCCCc1cnc(N)c(N2CCC(C(=O)OC)CC2)n1. The number of hydrogen-bond acceptors (Lipinski definition) is 6. The number of nitrogen functional groups attached to an aromatic ring is 1. The minimum Gasteiger partial charge on any atom is -0.469 e. The van der Waals surface area contributed by atoms with Crippen LogP contribution in [-0.2, 0) is 16.0 Å². The van der Waals surface area contributed by atoms with E-state index in [0.29, 0.717) is 5.82 Å². The lowest BCUT2D eigenvalue weighted by molar-refractivity contribution is -0.146. The summed E-state index contributed by atoms with van der Waals surface area (Å²) in [6, 6.07) is 0. The monoisotopic (exact) mass is 292 g/mol. The van der Waals surface area contributed by atoms with E-state index in [1.54, 1.807) is 6.20 Å². The number of rotatable bonds is 5. The lowest BCUT2D eigenvalue weighted by atomic mass is 9.97. The molecule has 2 rings (SSSR count). The summed E-state index contributed by atoms with van der Waals surface area (Å²) in [5, 5.41) is 0. The Morgan fingerprint density at radius 3 is 2.81 bits per heavy atom. The Labute approximate surface area is 125 Å². The third kappa shape index (κ3) is 3.83. The predicted molar refractivity (Wildman–Crippen MR) is 82.0 cm³/mol. The van der Waals surface area contributed by atoms with Crippen molar-refractivity contribution in [1.29, 1.82) is 0 Å². The molecule has 0 saturated carbocycles. The molecule has 0 radical (unpaired) electrons. The molecule has 0 spiro atoms. The van der Waals surface area contributed by atoms with Crippen LogP contribution in [0.5, 0.6) is 0 Å². The van der Waals surface area contributed by atoms with Crippen molar-refractivity contribution in [2.24, 2.45) is 5.92 Å². The normalized spacial score (nSPS) is 16.0. The van der Waals surface area contributed by atoms with Gasteiger partial charge in [-0.2, -0.15) is 0 Å². The number of aryl methyl sites for hydroxylation is 1. The van der Waals surface area contributed by atoms with Crippen LogP contribution in [0.4, 0.5) is 11.6 Å². The Bertz CT molecular complexity index is 485. The average molecular weight is 292 g/mol. The summed E-state index contributed by atoms with van der Waals surface area (Å²) in [4.78, 5) is 22.6. The average Bonchev–Trinajstić information content (AvgIpc) is 2.53. The number of piperidine rings is 1. The Morgan fingerprint density at radius 2 is 2.19 bits per heavy atom. The number of carbonyl (C=O) groups is 1. The Morgan fingerprint density at radius 1 is 1.48 bits per heavy atom. The van der Waals surface area contributed by atoms with Crippen LogP contribution < -0.4 is 10.6 Å². The third-order valence-corrected chi connectivity index (χ3v) is 3.95. The number of nitrogens with zero attached hydrogens (tertiary/aromatic N) is 3. The van der Waals surface area contributed by atoms with Crippen molar-refractivity contribution in [2.75, 3.05) is 30.8 Å². The molecular weight excluding hydrogens is 268 g/mol. The van der Waals surface area contributed by atoms with E-state index in [1.807, 2.05) is 0 Å². The fraction of sp³-hybridized carbons (Fsp3) is 0.667. The van der Waals surface area contributed by atoms with Crippen molar-refractivity contribution < 1.29 is 9.53 Å². The van der Waals surface area contributed by atoms with Crippen molar-refractivity contribution in [1.82, 2.24) is 9.97 Å². The summed E-state index contributed by atoms with van der Waals surface area (Å²) in [6.45, 7) is 3.68. The summed E-state index contributed by atoms with van der Waals surface area (Å²) >= 11 is 0. The molecule has 0 atom stereocenters. The van der Waals surface area contributed by atoms with Gasteiger partial charge in [0, 0.05) is 13.1 Å². The molecule has 0 unspecified atom stereocenters. The molecule has 1 aromatic rings. The zero-order chi connectivity index (χ0) is 15.2. The van der Waals surface area contributed by atoms with Crippen LogP contribution in [0.15, 0.2) is 6.20 Å². The summed E-state index contributed by atoms with van der Waals surface area (Å²) < 4.78 is 4.81. The van der Waals surface area contributed by atoms with Crippen LogP contribution in [0.1, 0.15) is 38.3 Å². The van der Waals surface area contributed by atoms with Gasteiger partial charge in [0.15, 0.2) is 11.6 Å². The summed E-state index contributed by atoms with van der Waals surface area (Å²) in [5.41, 5.74) is 6.95. The molecule has 6 nitrogen and oxygen atoms in total. The van der Waals surface area contributed by atoms with Crippen molar-refractivity contribution >= 4 is 17.6 Å². The van der Waals surface area contributed by atoms with E-state index in [0.717, 1.165) is 56.7 Å². The van der Waals surface area contributed by atoms with E-state index in [9.17, 15) is 4.79 Å². The molecule has 1 aliphatic rings. The first-order chi connectivity index (χ1) is 10.2. The second kappa shape index (κ2) is 7.24. The molecule has 0 aliphatic carbocycles. The Kier molecular flexibility index (Phi) is 5.36. The quantitative estimate of drug-likeness (QED) is 0.833. The number of carbonyl (C=O) groups excluding carboxylic acids is 1. The molecule has 2 heterocycles. The fourth-order valence-corrected chi connectivity index (χ4v) is 2.63. The maximum Gasteiger partial charge on any atom is 0.308 e. The highest BCUT2D eigenvalue weighted by molar-refractivity contribution is 5.72. The lowest BCUT2D eigenvalue weighted by Crippen LogP contribution is -2.37. The maximum atomic E-state index is 11.6. The first kappa shape index (κ1) is 15.5. The third-order valence-electron chi connectivity index (χ3n) is 3.95. The van der Waals surface area contributed by atoms with E-state index in [2.05, 4.69) is 21.8 Å². The fourth-order valence-electron chi connectivity index (χ4n) is 2.63. The number of unbranched alkanes of at least 4 members (excludes halogenated alkanes) is 1. The van der Waals surface area contributed by atoms with Gasteiger partial charge in [-0.1, -0.05) is 13.3 Å². The number of anilines is 2. The van der Waals surface area contributed by atoms with Crippen molar-refractivity contribution in [3.63, 3.8) is 0 Å². The molecule has 116 valence electrons. The molecule has 1 aliphatic heterocycles. The standard InChI is InChI=1S/C15H24N4O2/c1-3-4-5-12-10-17-13(16)14(18-12)19-8-6-11(7-9-19)15(20)21-2/h10-11H,3-9H2,1-2H3,(H2,16,17). The molecule has 21 heavy (non-hydrogen) atoms. The molecular formula is C15H24N4O2. The Balaban J connectivity index is 2.03. The zero-order valence-corrected chi connectivity index (χ0v) is 12.8. The van der Waals surface area contributed by atoms with E-state index in [1.165, 1.54) is 7.11 Å². The summed E-state index contributed by atoms with van der Waals surface area (Å²) in [6.07, 6.45) is 6.46. The number of nitrogens with two attached hydrogens (primary N) is 1. The van der Waals surface area contributed by atoms with E-state index in [4.69, 9.17) is 10.5 Å². The van der Waals surface area contributed by atoms with Crippen LogP contribution in [0.2, 0.25) is 0 Å². The largest absolute Gasteiger partial charge is 0.469 e. The van der Waals surface area contributed by atoms with E-state index >= 15 is 0 Å². The molecule has 0 bridgehead atoms. The van der Waals surface area contributed by atoms with Crippen LogP contribution in [0.3, 0.4) is 0 Å². The number of aromatic nitrogens is 2. The van der Waals surface area contributed by atoms with Crippen LogP contribution in [0, 0.1) is 5.92 Å². The predicted octanol–water partition coefficient (Wildman–Crippen LogP) is 1.79. The summed E-state index contributed by atoms with van der Waals surface area (Å²) in [7, 11) is 1.44. The highest BCUT2D eigenvalue weighted by Gasteiger charge is 2.27. The van der Waals surface area contributed by atoms with E-state index < -0.39 is 0 Å². The first-order valence-corrected chi connectivity index (χ1v) is 7.59. The Hall–Kier alpha value is -1.85. The summed E-state index contributed by atoms with van der Waals surface area (Å²) in [5.74, 6) is 1.09. The number of hydrogen-bond donors (Lipinski definition) is 1. The number of esters is 1. The molecule has 2 N–H and O–H groups in total. The minimum absolute atomic E-state index is 0.0105. The van der Waals surface area contributed by atoms with Crippen molar-refractivity contribution in [2.45, 2.75) is 39.0 Å². The van der Waals surface area contributed by atoms with Gasteiger partial charge in [0.25, 0.3) is 0 Å². The van der Waals surface area contributed by atoms with Crippen molar-refractivity contribution in [3.05, 3.63) is 11.9 Å². The topological polar surface area (TPSA) is 81.3 Å². The molecule has 1 aromatic heterocycles. The molecule has 1 fully saturated rings.